The first-order valence-electron chi connectivity index (χ1n) is 9.87. The number of oxazole rings is 1. The number of amides is 1. The van der Waals surface area contributed by atoms with Crippen LogP contribution in [0.15, 0.2) is 65.1 Å². The average molecular weight is 384 g/mol. The van der Waals surface area contributed by atoms with Crippen molar-refractivity contribution in [2.24, 2.45) is 0 Å². The first-order valence-corrected chi connectivity index (χ1v) is 9.87. The number of nitrogens with zero attached hydrogens (tertiary/aromatic N) is 1. The van der Waals surface area contributed by atoms with Gasteiger partial charge in [0.15, 0.2) is 5.58 Å². The number of hydrogen-bond donors (Lipinski definition) is 1. The Bertz CT molecular complexity index is 1120. The summed E-state index contributed by atoms with van der Waals surface area (Å²) in [5.74, 6) is 0.540. The summed E-state index contributed by atoms with van der Waals surface area (Å²) in [5, 5.41) is 2.97. The standard InChI is InChI=1S/C25H24N2O2/c1-4-18-5-9-20(10-6-18)24(28)26-15-19-7-11-21(12-8-19)25-27-22-13-16(2)17(3)14-23(22)29-25/h5-14H,4,15H2,1-3H3,(H,26,28). The highest BCUT2D eigenvalue weighted by Crippen LogP contribution is 2.26. The van der Waals surface area contributed by atoms with E-state index in [0.717, 1.165) is 28.6 Å². The number of carbonyl (C=O) groups is 1. The summed E-state index contributed by atoms with van der Waals surface area (Å²) in [5.41, 5.74) is 7.90. The number of hydrogen-bond acceptors (Lipinski definition) is 3. The van der Waals surface area contributed by atoms with Crippen molar-refractivity contribution in [3.8, 4) is 11.5 Å². The molecule has 1 amide bonds. The van der Waals surface area contributed by atoms with Crippen LogP contribution in [-0.2, 0) is 13.0 Å². The Balaban J connectivity index is 1.44. The van der Waals surface area contributed by atoms with E-state index in [4.69, 9.17) is 4.42 Å². The lowest BCUT2D eigenvalue weighted by atomic mass is 10.1. The molecule has 0 aliphatic carbocycles. The van der Waals surface area contributed by atoms with Crippen LogP contribution in [0, 0.1) is 13.8 Å². The minimum Gasteiger partial charge on any atom is -0.436 e. The topological polar surface area (TPSA) is 55.1 Å². The maximum atomic E-state index is 12.3. The van der Waals surface area contributed by atoms with E-state index in [1.54, 1.807) is 0 Å². The van der Waals surface area contributed by atoms with E-state index in [1.165, 1.54) is 16.7 Å². The Morgan fingerprint density at radius 2 is 1.59 bits per heavy atom. The molecule has 0 aliphatic heterocycles. The highest BCUT2D eigenvalue weighted by molar-refractivity contribution is 5.94. The molecule has 1 aromatic heterocycles. The number of aromatic nitrogens is 1. The summed E-state index contributed by atoms with van der Waals surface area (Å²) in [6.07, 6.45) is 0.966. The molecule has 3 aromatic carbocycles. The normalized spacial score (nSPS) is 11.0. The van der Waals surface area contributed by atoms with Crippen LogP contribution >= 0.6 is 0 Å². The van der Waals surface area contributed by atoms with Crippen LogP contribution in [0.1, 0.15) is 39.5 Å². The lowest BCUT2D eigenvalue weighted by molar-refractivity contribution is 0.0951. The third-order valence-corrected chi connectivity index (χ3v) is 5.28. The van der Waals surface area contributed by atoms with Gasteiger partial charge in [0.1, 0.15) is 5.52 Å². The molecule has 4 nitrogen and oxygen atoms in total. The summed E-state index contributed by atoms with van der Waals surface area (Å²) in [4.78, 5) is 16.9. The predicted molar refractivity (Wildman–Crippen MR) is 116 cm³/mol. The molecule has 146 valence electrons. The molecule has 4 aromatic rings. The number of rotatable bonds is 5. The van der Waals surface area contributed by atoms with Crippen LogP contribution in [0.25, 0.3) is 22.6 Å². The lowest BCUT2D eigenvalue weighted by Crippen LogP contribution is -2.22. The van der Waals surface area contributed by atoms with E-state index in [-0.39, 0.29) is 5.91 Å². The van der Waals surface area contributed by atoms with Gasteiger partial charge in [-0.2, -0.15) is 0 Å². The van der Waals surface area contributed by atoms with Crippen molar-refractivity contribution in [1.29, 1.82) is 0 Å². The smallest absolute Gasteiger partial charge is 0.251 e. The van der Waals surface area contributed by atoms with E-state index in [0.29, 0.717) is 18.0 Å². The fraction of sp³-hybridized carbons (Fsp3) is 0.200. The number of aryl methyl sites for hydroxylation is 3. The zero-order valence-electron chi connectivity index (χ0n) is 17.0. The second kappa shape index (κ2) is 7.92. The second-order valence-corrected chi connectivity index (χ2v) is 7.35. The highest BCUT2D eigenvalue weighted by Gasteiger charge is 2.10. The van der Waals surface area contributed by atoms with Crippen LogP contribution in [0.4, 0.5) is 0 Å². The molecule has 0 aliphatic rings. The molecular weight excluding hydrogens is 360 g/mol. The Morgan fingerprint density at radius 1 is 0.931 bits per heavy atom. The Labute approximate surface area is 170 Å². The molecule has 4 rings (SSSR count). The second-order valence-electron chi connectivity index (χ2n) is 7.35. The summed E-state index contributed by atoms with van der Waals surface area (Å²) >= 11 is 0. The van der Waals surface area contributed by atoms with E-state index in [1.807, 2.05) is 54.6 Å². The molecule has 0 unspecified atom stereocenters. The van der Waals surface area contributed by atoms with Gasteiger partial charge in [-0.1, -0.05) is 31.2 Å². The van der Waals surface area contributed by atoms with Gasteiger partial charge < -0.3 is 9.73 Å². The summed E-state index contributed by atoms with van der Waals surface area (Å²) in [6.45, 7) is 6.71. The van der Waals surface area contributed by atoms with E-state index in [9.17, 15) is 4.79 Å². The van der Waals surface area contributed by atoms with Gasteiger partial charge in [-0.3, -0.25) is 4.79 Å². The van der Waals surface area contributed by atoms with Crippen molar-refractivity contribution in [2.75, 3.05) is 0 Å². The summed E-state index contributed by atoms with van der Waals surface area (Å²) in [6, 6.07) is 19.7. The molecule has 0 atom stereocenters. The van der Waals surface area contributed by atoms with Gasteiger partial charge in [0.05, 0.1) is 0 Å². The maximum Gasteiger partial charge on any atom is 0.251 e. The molecule has 0 spiro atoms. The predicted octanol–water partition coefficient (Wildman–Crippen LogP) is 5.60. The Morgan fingerprint density at radius 3 is 2.28 bits per heavy atom. The molecule has 0 bridgehead atoms. The third kappa shape index (κ3) is 4.06. The van der Waals surface area contributed by atoms with Crippen LogP contribution in [-0.4, -0.2) is 10.9 Å². The highest BCUT2D eigenvalue weighted by atomic mass is 16.3. The largest absolute Gasteiger partial charge is 0.436 e. The molecule has 4 heteroatoms. The van der Waals surface area contributed by atoms with E-state index < -0.39 is 0 Å². The van der Waals surface area contributed by atoms with Gasteiger partial charge in [0.25, 0.3) is 5.91 Å². The van der Waals surface area contributed by atoms with Gasteiger partial charge >= 0.3 is 0 Å². The van der Waals surface area contributed by atoms with Crippen molar-refractivity contribution >= 4 is 17.0 Å². The summed E-state index contributed by atoms with van der Waals surface area (Å²) < 4.78 is 5.92. The van der Waals surface area contributed by atoms with Crippen LogP contribution < -0.4 is 5.32 Å². The molecule has 1 heterocycles. The molecule has 0 saturated carbocycles. The number of carbonyl (C=O) groups excluding carboxylic acids is 1. The Hall–Kier alpha value is -3.40. The zero-order valence-corrected chi connectivity index (χ0v) is 17.0. The SMILES string of the molecule is CCc1ccc(C(=O)NCc2ccc(-c3nc4cc(C)c(C)cc4o3)cc2)cc1. The van der Waals surface area contributed by atoms with Crippen LogP contribution in [0.3, 0.4) is 0 Å². The number of fused-ring (bicyclic) bond motifs is 1. The lowest BCUT2D eigenvalue weighted by Gasteiger charge is -2.06. The fourth-order valence-electron chi connectivity index (χ4n) is 3.24. The fourth-order valence-corrected chi connectivity index (χ4v) is 3.24. The molecular formula is C25H24N2O2. The molecule has 29 heavy (non-hydrogen) atoms. The van der Waals surface area contributed by atoms with Crippen molar-refractivity contribution in [1.82, 2.24) is 10.3 Å². The zero-order chi connectivity index (χ0) is 20.4. The van der Waals surface area contributed by atoms with Crippen molar-refractivity contribution < 1.29 is 9.21 Å². The van der Waals surface area contributed by atoms with Gasteiger partial charge in [0.2, 0.25) is 5.89 Å². The number of benzene rings is 3. The molecule has 0 fully saturated rings. The third-order valence-electron chi connectivity index (χ3n) is 5.28. The van der Waals surface area contributed by atoms with Crippen LogP contribution in [0.2, 0.25) is 0 Å². The van der Waals surface area contributed by atoms with E-state index in [2.05, 4.69) is 37.1 Å². The molecule has 0 saturated heterocycles. The van der Waals surface area contributed by atoms with Gasteiger partial charge in [-0.15, -0.1) is 0 Å². The van der Waals surface area contributed by atoms with Gasteiger partial charge in [-0.25, -0.2) is 4.98 Å². The average Bonchev–Trinajstić information content (AvgIpc) is 3.15. The minimum absolute atomic E-state index is 0.0681. The first-order chi connectivity index (χ1) is 14.0. The monoisotopic (exact) mass is 384 g/mol. The molecule has 0 radical (unpaired) electrons. The number of nitrogens with one attached hydrogen (secondary N) is 1. The Kier molecular flexibility index (Phi) is 5.17. The van der Waals surface area contributed by atoms with Gasteiger partial charge in [-0.05, 0) is 78.9 Å². The maximum absolute atomic E-state index is 12.3. The van der Waals surface area contributed by atoms with Crippen molar-refractivity contribution in [3.63, 3.8) is 0 Å². The van der Waals surface area contributed by atoms with Gasteiger partial charge in [0, 0.05) is 17.7 Å². The van der Waals surface area contributed by atoms with E-state index >= 15 is 0 Å². The van der Waals surface area contributed by atoms with Crippen molar-refractivity contribution in [3.05, 3.63) is 88.5 Å². The minimum atomic E-state index is -0.0681. The summed E-state index contributed by atoms with van der Waals surface area (Å²) in [7, 11) is 0. The quantitative estimate of drug-likeness (QED) is 0.487. The molecule has 1 N–H and O–H groups in total. The van der Waals surface area contributed by atoms with Crippen molar-refractivity contribution in [2.45, 2.75) is 33.7 Å². The van der Waals surface area contributed by atoms with Crippen LogP contribution in [0.5, 0.6) is 0 Å². The first kappa shape index (κ1) is 18.9.